The second-order valence-corrected chi connectivity index (χ2v) is 4.31. The minimum absolute atomic E-state index is 0.211. The molecule has 0 unspecified atom stereocenters. The lowest BCUT2D eigenvalue weighted by Gasteiger charge is -2.35. The number of piperidine rings is 1. The molecule has 2 rings (SSSR count). The fourth-order valence-corrected chi connectivity index (χ4v) is 2.08. The average Bonchev–Trinajstić information content (AvgIpc) is 2.23. The summed E-state index contributed by atoms with van der Waals surface area (Å²) in [5.41, 5.74) is 0. The molecule has 1 aromatic rings. The Morgan fingerprint density at radius 3 is 2.87 bits per heavy atom. The first-order valence-electron chi connectivity index (χ1n) is 5.08. The normalized spacial score (nSPS) is 26.7. The summed E-state index contributed by atoms with van der Waals surface area (Å²) in [6.45, 7) is 3.59. The van der Waals surface area contributed by atoms with E-state index in [1.165, 1.54) is 0 Å². The van der Waals surface area contributed by atoms with E-state index in [4.69, 9.17) is 11.6 Å². The van der Waals surface area contributed by atoms with E-state index in [1.54, 1.807) is 12.4 Å². The first kappa shape index (κ1) is 10.6. The van der Waals surface area contributed by atoms with Gasteiger partial charge in [0.05, 0.1) is 6.10 Å². The molecule has 1 aliphatic rings. The van der Waals surface area contributed by atoms with Gasteiger partial charge in [-0.15, -0.1) is 0 Å². The first-order chi connectivity index (χ1) is 7.18. The summed E-state index contributed by atoms with van der Waals surface area (Å²) in [7, 11) is 0. The third-order valence-electron chi connectivity index (χ3n) is 2.80. The number of aliphatic hydroxyl groups is 1. The highest BCUT2D eigenvalue weighted by molar-refractivity contribution is 6.31. The van der Waals surface area contributed by atoms with Crippen molar-refractivity contribution in [1.29, 1.82) is 0 Å². The van der Waals surface area contributed by atoms with Crippen molar-refractivity contribution in [1.82, 2.24) is 9.97 Å². The van der Waals surface area contributed by atoms with E-state index in [9.17, 15) is 5.11 Å². The Labute approximate surface area is 93.9 Å². The first-order valence-corrected chi connectivity index (χ1v) is 5.46. The second-order valence-electron chi connectivity index (χ2n) is 3.95. The molecule has 1 aromatic heterocycles. The molecule has 2 atom stereocenters. The lowest BCUT2D eigenvalue weighted by atomic mass is 9.97. The van der Waals surface area contributed by atoms with Crippen molar-refractivity contribution in [3.05, 3.63) is 17.5 Å². The van der Waals surface area contributed by atoms with Crippen LogP contribution in [-0.4, -0.2) is 34.3 Å². The van der Waals surface area contributed by atoms with Gasteiger partial charge in [0.25, 0.3) is 0 Å². The molecule has 0 aliphatic carbocycles. The van der Waals surface area contributed by atoms with Gasteiger partial charge in [0.1, 0.15) is 0 Å². The van der Waals surface area contributed by atoms with Crippen LogP contribution in [0.25, 0.3) is 0 Å². The van der Waals surface area contributed by atoms with E-state index in [2.05, 4.69) is 14.9 Å². The highest BCUT2D eigenvalue weighted by atomic mass is 35.5. The summed E-state index contributed by atoms with van der Waals surface area (Å²) in [5, 5.41) is 10.0. The quantitative estimate of drug-likeness (QED) is 0.787. The minimum atomic E-state index is -0.211. The summed E-state index contributed by atoms with van der Waals surface area (Å²) in [5.74, 6) is 0.967. The van der Waals surface area contributed by atoms with Crippen molar-refractivity contribution in [2.75, 3.05) is 18.0 Å². The number of aromatic nitrogens is 2. The van der Waals surface area contributed by atoms with Gasteiger partial charge in [-0.25, -0.2) is 9.97 Å². The van der Waals surface area contributed by atoms with E-state index in [0.29, 0.717) is 5.15 Å². The molecule has 1 N–H and O–H groups in total. The summed E-state index contributed by atoms with van der Waals surface area (Å²) >= 11 is 5.96. The topological polar surface area (TPSA) is 49.2 Å². The Hall–Kier alpha value is -0.870. The molecule has 0 radical (unpaired) electrons. The maximum Gasteiger partial charge on any atom is 0.171 e. The number of anilines is 1. The molecule has 82 valence electrons. The molecule has 1 aliphatic heterocycles. The Morgan fingerprint density at radius 2 is 2.20 bits per heavy atom. The van der Waals surface area contributed by atoms with E-state index in [-0.39, 0.29) is 12.0 Å². The minimum Gasteiger partial charge on any atom is -0.393 e. The van der Waals surface area contributed by atoms with Crippen LogP contribution in [0.15, 0.2) is 12.4 Å². The van der Waals surface area contributed by atoms with Crippen molar-refractivity contribution >= 4 is 17.4 Å². The number of halogens is 1. The zero-order chi connectivity index (χ0) is 10.8. The van der Waals surface area contributed by atoms with Crippen LogP contribution in [0.3, 0.4) is 0 Å². The Bertz CT molecular complexity index is 347. The van der Waals surface area contributed by atoms with Gasteiger partial charge in [0.2, 0.25) is 0 Å². The molecule has 5 heteroatoms. The van der Waals surface area contributed by atoms with E-state index in [0.717, 1.165) is 25.3 Å². The molecule has 0 saturated carbocycles. The molecule has 1 saturated heterocycles. The molecule has 0 amide bonds. The summed E-state index contributed by atoms with van der Waals surface area (Å²) in [6, 6.07) is 0. The zero-order valence-electron chi connectivity index (χ0n) is 8.60. The van der Waals surface area contributed by atoms with Crippen molar-refractivity contribution in [3.8, 4) is 0 Å². The van der Waals surface area contributed by atoms with Gasteiger partial charge in [-0.1, -0.05) is 18.5 Å². The van der Waals surface area contributed by atoms with E-state index in [1.807, 2.05) is 6.92 Å². The van der Waals surface area contributed by atoms with Crippen molar-refractivity contribution < 1.29 is 5.11 Å². The number of nitrogens with zero attached hydrogens (tertiary/aromatic N) is 3. The summed E-state index contributed by atoms with van der Waals surface area (Å²) in [6.07, 6.45) is 3.76. The van der Waals surface area contributed by atoms with Crippen LogP contribution in [0, 0.1) is 5.92 Å². The number of aliphatic hydroxyl groups excluding tert-OH is 1. The van der Waals surface area contributed by atoms with Crippen LogP contribution >= 0.6 is 11.6 Å². The molecule has 1 fully saturated rings. The maximum absolute atomic E-state index is 9.62. The zero-order valence-corrected chi connectivity index (χ0v) is 9.35. The Morgan fingerprint density at radius 1 is 1.47 bits per heavy atom. The fourth-order valence-electron chi connectivity index (χ4n) is 1.85. The molecule has 4 nitrogen and oxygen atoms in total. The van der Waals surface area contributed by atoms with Crippen LogP contribution in [0.5, 0.6) is 0 Å². The highest BCUT2D eigenvalue weighted by Gasteiger charge is 2.26. The monoisotopic (exact) mass is 227 g/mol. The maximum atomic E-state index is 9.62. The van der Waals surface area contributed by atoms with Gasteiger partial charge < -0.3 is 10.0 Å². The van der Waals surface area contributed by atoms with Crippen LogP contribution in [-0.2, 0) is 0 Å². The standard InChI is InChI=1S/C10H14ClN3O/c1-7-6-14(5-2-8(7)15)10-9(11)12-3-4-13-10/h3-4,7-8,15H,2,5-6H2,1H3/t7-,8-/m0/s1. The number of hydrogen-bond donors (Lipinski definition) is 1. The SMILES string of the molecule is C[C@H]1CN(c2nccnc2Cl)CC[C@@H]1O. The summed E-state index contributed by atoms with van der Waals surface area (Å²) in [4.78, 5) is 10.3. The summed E-state index contributed by atoms with van der Waals surface area (Å²) < 4.78 is 0. The van der Waals surface area contributed by atoms with Crippen molar-refractivity contribution in [2.45, 2.75) is 19.4 Å². The van der Waals surface area contributed by atoms with Gasteiger partial charge in [-0.05, 0) is 12.3 Å². The largest absolute Gasteiger partial charge is 0.393 e. The van der Waals surface area contributed by atoms with Crippen LogP contribution in [0.1, 0.15) is 13.3 Å². The average molecular weight is 228 g/mol. The molecule has 0 bridgehead atoms. The molecule has 0 aromatic carbocycles. The third-order valence-corrected chi connectivity index (χ3v) is 3.06. The van der Waals surface area contributed by atoms with Gasteiger partial charge in [-0.2, -0.15) is 0 Å². The Balaban J connectivity index is 2.15. The highest BCUT2D eigenvalue weighted by Crippen LogP contribution is 2.25. The molecule has 2 heterocycles. The number of rotatable bonds is 1. The number of hydrogen-bond acceptors (Lipinski definition) is 4. The third kappa shape index (κ3) is 2.21. The lowest BCUT2D eigenvalue weighted by molar-refractivity contribution is 0.0969. The van der Waals surface area contributed by atoms with E-state index < -0.39 is 0 Å². The molecular formula is C10H14ClN3O. The van der Waals surface area contributed by atoms with Crippen molar-refractivity contribution in [3.63, 3.8) is 0 Å². The van der Waals surface area contributed by atoms with Crippen molar-refractivity contribution in [2.24, 2.45) is 5.92 Å². The van der Waals surface area contributed by atoms with Gasteiger partial charge >= 0.3 is 0 Å². The fraction of sp³-hybridized carbons (Fsp3) is 0.600. The predicted octanol–water partition coefficient (Wildman–Crippen LogP) is 1.34. The Kier molecular flexibility index (Phi) is 3.07. The molecule has 15 heavy (non-hydrogen) atoms. The predicted molar refractivity (Wildman–Crippen MR) is 59.0 cm³/mol. The van der Waals surface area contributed by atoms with Gasteiger partial charge in [0.15, 0.2) is 11.0 Å². The van der Waals surface area contributed by atoms with E-state index >= 15 is 0 Å². The second kappa shape index (κ2) is 4.33. The van der Waals surface area contributed by atoms with Gasteiger partial charge in [0, 0.05) is 25.5 Å². The smallest absolute Gasteiger partial charge is 0.171 e. The molecule has 0 spiro atoms. The van der Waals surface area contributed by atoms with Gasteiger partial charge in [-0.3, -0.25) is 0 Å². The lowest BCUT2D eigenvalue weighted by Crippen LogP contribution is -2.42. The molecular weight excluding hydrogens is 214 g/mol. The van der Waals surface area contributed by atoms with Crippen LogP contribution < -0.4 is 4.90 Å². The van der Waals surface area contributed by atoms with Crippen LogP contribution in [0.2, 0.25) is 5.15 Å². The van der Waals surface area contributed by atoms with Crippen LogP contribution in [0.4, 0.5) is 5.82 Å².